The van der Waals surface area contributed by atoms with Crippen molar-refractivity contribution in [3.05, 3.63) is 66.0 Å². The molecule has 0 unspecified atom stereocenters. The number of carbonyl (C=O) groups is 1. The number of benzene rings is 2. The fourth-order valence-corrected chi connectivity index (χ4v) is 3.38. The fourth-order valence-electron chi connectivity index (χ4n) is 2.82. The van der Waals surface area contributed by atoms with Gasteiger partial charge in [0.25, 0.3) is 5.91 Å². The van der Waals surface area contributed by atoms with E-state index in [1.165, 1.54) is 37.4 Å². The van der Waals surface area contributed by atoms with Crippen molar-refractivity contribution in [3.8, 4) is 11.4 Å². The van der Waals surface area contributed by atoms with Crippen molar-refractivity contribution in [3.63, 3.8) is 0 Å². The molecule has 0 fully saturated rings. The van der Waals surface area contributed by atoms with Crippen molar-refractivity contribution in [2.45, 2.75) is 6.18 Å². The summed E-state index contributed by atoms with van der Waals surface area (Å²) in [5.41, 5.74) is -1.72. The highest BCUT2D eigenvalue weighted by Crippen LogP contribution is 2.34. The van der Waals surface area contributed by atoms with Gasteiger partial charge in [-0.1, -0.05) is 18.2 Å². The van der Waals surface area contributed by atoms with E-state index in [-0.39, 0.29) is 22.8 Å². The van der Waals surface area contributed by atoms with E-state index in [0.29, 0.717) is 4.68 Å². The summed E-state index contributed by atoms with van der Waals surface area (Å²) in [6, 6.07) is 11.5. The molecule has 3 rings (SSSR count). The second-order valence-corrected chi connectivity index (χ2v) is 8.14. The van der Waals surface area contributed by atoms with E-state index in [1.54, 1.807) is 18.2 Å². The number of amides is 1. The first-order chi connectivity index (χ1) is 14.5. The van der Waals surface area contributed by atoms with Crippen LogP contribution in [0.25, 0.3) is 5.69 Å². The molecule has 0 atom stereocenters. The molecular weight excluding hydrogens is 437 g/mol. The average Bonchev–Trinajstić information content (AvgIpc) is 3.13. The number of nitrogens with one attached hydrogen (secondary N) is 2. The lowest BCUT2D eigenvalue weighted by molar-refractivity contribution is -0.143. The van der Waals surface area contributed by atoms with E-state index in [9.17, 15) is 26.4 Å². The number of hydrogen-bond acceptors (Lipinski definition) is 5. The van der Waals surface area contributed by atoms with Crippen LogP contribution in [0.4, 0.5) is 24.5 Å². The van der Waals surface area contributed by atoms with Crippen LogP contribution in [0, 0.1) is 0 Å². The van der Waals surface area contributed by atoms with Gasteiger partial charge in [0.1, 0.15) is 5.75 Å². The molecule has 2 N–H and O–H groups in total. The largest absolute Gasteiger partial charge is 0.495 e. The van der Waals surface area contributed by atoms with Crippen molar-refractivity contribution in [2.75, 3.05) is 23.4 Å². The van der Waals surface area contributed by atoms with Crippen LogP contribution in [0.3, 0.4) is 0 Å². The molecule has 3 aromatic rings. The van der Waals surface area contributed by atoms with Crippen LogP contribution in [0.1, 0.15) is 16.1 Å². The van der Waals surface area contributed by atoms with E-state index in [4.69, 9.17) is 4.74 Å². The minimum atomic E-state index is -4.86. The van der Waals surface area contributed by atoms with Gasteiger partial charge in [0, 0.05) is 5.69 Å². The number of carbonyl (C=O) groups excluding carboxylic acids is 1. The molecule has 0 saturated carbocycles. The molecular formula is C19H17F3N4O4S. The number of alkyl halides is 3. The number of anilines is 2. The van der Waals surface area contributed by atoms with Crippen LogP contribution >= 0.6 is 0 Å². The van der Waals surface area contributed by atoms with Gasteiger partial charge in [0.15, 0.2) is 5.69 Å². The molecule has 164 valence electrons. The second-order valence-electron chi connectivity index (χ2n) is 6.40. The second kappa shape index (κ2) is 8.30. The first-order valence-corrected chi connectivity index (χ1v) is 10.6. The summed E-state index contributed by atoms with van der Waals surface area (Å²) >= 11 is 0. The van der Waals surface area contributed by atoms with Crippen molar-refractivity contribution in [1.82, 2.24) is 9.78 Å². The molecule has 1 heterocycles. The summed E-state index contributed by atoms with van der Waals surface area (Å²) in [6.45, 7) is 0. The number of hydrogen-bond donors (Lipinski definition) is 2. The number of nitrogens with zero attached hydrogens (tertiary/aromatic N) is 2. The van der Waals surface area contributed by atoms with E-state index < -0.39 is 33.4 Å². The Morgan fingerprint density at radius 1 is 1.13 bits per heavy atom. The van der Waals surface area contributed by atoms with E-state index in [0.717, 1.165) is 12.5 Å². The minimum absolute atomic E-state index is 0.0128. The van der Waals surface area contributed by atoms with Gasteiger partial charge >= 0.3 is 6.18 Å². The number of methoxy groups -OCH3 is 1. The molecule has 2 aromatic carbocycles. The lowest BCUT2D eigenvalue weighted by Gasteiger charge is -2.14. The maximum Gasteiger partial charge on any atom is 0.434 e. The normalized spacial score (nSPS) is 11.8. The van der Waals surface area contributed by atoms with Gasteiger partial charge < -0.3 is 10.1 Å². The maximum atomic E-state index is 13.7. The molecule has 31 heavy (non-hydrogen) atoms. The molecule has 0 aliphatic carbocycles. The smallest absolute Gasteiger partial charge is 0.434 e. The Balaban J connectivity index is 1.98. The molecule has 8 nitrogen and oxygen atoms in total. The maximum absolute atomic E-state index is 13.7. The van der Waals surface area contributed by atoms with Crippen molar-refractivity contribution < 1.29 is 31.1 Å². The van der Waals surface area contributed by atoms with Gasteiger partial charge in [0.2, 0.25) is 10.0 Å². The van der Waals surface area contributed by atoms with E-state index >= 15 is 0 Å². The fraction of sp³-hybridized carbons (Fsp3) is 0.158. The van der Waals surface area contributed by atoms with Crippen LogP contribution in [0.15, 0.2) is 54.7 Å². The highest BCUT2D eigenvalue weighted by molar-refractivity contribution is 7.92. The Kier molecular flexibility index (Phi) is 5.93. The van der Waals surface area contributed by atoms with Gasteiger partial charge in [-0.15, -0.1) is 0 Å². The van der Waals surface area contributed by atoms with Gasteiger partial charge in [-0.05, 0) is 30.3 Å². The average molecular weight is 454 g/mol. The van der Waals surface area contributed by atoms with E-state index in [1.807, 2.05) is 0 Å². The zero-order chi connectivity index (χ0) is 22.8. The summed E-state index contributed by atoms with van der Waals surface area (Å²) < 4.78 is 72.2. The topological polar surface area (TPSA) is 102 Å². The molecule has 0 aliphatic heterocycles. The molecule has 1 aromatic heterocycles. The molecule has 0 aliphatic rings. The highest BCUT2D eigenvalue weighted by Gasteiger charge is 2.40. The summed E-state index contributed by atoms with van der Waals surface area (Å²) in [5, 5.41) is 6.06. The SMILES string of the molecule is COc1ccc(NC(=O)c2cnn(-c3ccccc3)c2C(F)(F)F)cc1NS(C)(=O)=O. The molecule has 1 amide bonds. The molecule has 12 heteroatoms. The Bertz CT molecular complexity index is 1210. The molecule has 0 saturated heterocycles. The molecule has 0 bridgehead atoms. The number of rotatable bonds is 6. The van der Waals surface area contributed by atoms with Gasteiger partial charge in [-0.3, -0.25) is 9.52 Å². The Morgan fingerprint density at radius 3 is 2.39 bits per heavy atom. The van der Waals surface area contributed by atoms with Crippen LogP contribution in [0.2, 0.25) is 0 Å². The first-order valence-electron chi connectivity index (χ1n) is 8.67. The van der Waals surface area contributed by atoms with Crippen molar-refractivity contribution in [1.29, 1.82) is 0 Å². The Labute approximate surface area is 175 Å². The predicted octanol–water partition coefficient (Wildman–Crippen LogP) is 3.52. The number of halogens is 3. The minimum Gasteiger partial charge on any atom is -0.495 e. The number of ether oxygens (including phenoxy) is 1. The summed E-state index contributed by atoms with van der Waals surface area (Å²) in [4.78, 5) is 12.6. The van der Waals surface area contributed by atoms with Gasteiger partial charge in [-0.2, -0.15) is 18.3 Å². The molecule has 0 spiro atoms. The third kappa shape index (κ3) is 5.15. The number of para-hydroxylation sites is 1. The summed E-state index contributed by atoms with van der Waals surface area (Å²) in [5.74, 6) is -0.902. The van der Waals surface area contributed by atoms with Crippen LogP contribution in [-0.4, -0.2) is 37.5 Å². The van der Waals surface area contributed by atoms with Gasteiger partial charge in [0.05, 0.1) is 36.5 Å². The van der Waals surface area contributed by atoms with Crippen LogP contribution < -0.4 is 14.8 Å². The predicted molar refractivity (Wildman–Crippen MR) is 108 cm³/mol. The zero-order valence-electron chi connectivity index (χ0n) is 16.3. The van der Waals surface area contributed by atoms with Gasteiger partial charge in [-0.25, -0.2) is 13.1 Å². The lowest BCUT2D eigenvalue weighted by Crippen LogP contribution is -2.21. The highest BCUT2D eigenvalue weighted by atomic mass is 32.2. The van der Waals surface area contributed by atoms with Crippen LogP contribution in [0.5, 0.6) is 5.75 Å². The standard InChI is InChI=1S/C19H17F3N4O4S/c1-30-16-9-8-12(10-15(16)25-31(2,28)29)24-18(27)14-11-23-26(17(14)19(20,21)22)13-6-4-3-5-7-13/h3-11,25H,1-2H3,(H,24,27). The summed E-state index contributed by atoms with van der Waals surface area (Å²) in [6.07, 6.45) is -3.11. The first kappa shape index (κ1) is 22.2. The number of sulfonamides is 1. The third-order valence-electron chi connectivity index (χ3n) is 4.04. The van der Waals surface area contributed by atoms with Crippen molar-refractivity contribution >= 4 is 27.3 Å². The zero-order valence-corrected chi connectivity index (χ0v) is 17.1. The van der Waals surface area contributed by atoms with Crippen molar-refractivity contribution in [2.24, 2.45) is 0 Å². The Morgan fingerprint density at radius 2 is 1.81 bits per heavy atom. The van der Waals surface area contributed by atoms with E-state index in [2.05, 4.69) is 15.1 Å². The summed E-state index contributed by atoms with van der Waals surface area (Å²) in [7, 11) is -2.35. The third-order valence-corrected chi connectivity index (χ3v) is 4.63. The lowest BCUT2D eigenvalue weighted by atomic mass is 10.2. The van der Waals surface area contributed by atoms with Crippen LogP contribution in [-0.2, 0) is 16.2 Å². The molecule has 0 radical (unpaired) electrons. The Hall–Kier alpha value is -3.54. The quantitative estimate of drug-likeness (QED) is 0.593. The number of aromatic nitrogens is 2. The monoisotopic (exact) mass is 454 g/mol.